The van der Waals surface area contributed by atoms with Crippen LogP contribution in [0.3, 0.4) is 0 Å². The molecule has 39 heavy (non-hydrogen) atoms. The minimum Gasteiger partial charge on any atom is -0.370 e. The van der Waals surface area contributed by atoms with Crippen LogP contribution in [0.25, 0.3) is 0 Å². The maximum absolute atomic E-state index is 8.97. The maximum Gasteiger partial charge on any atom is 0.194 e. The first-order valence-corrected chi connectivity index (χ1v) is 17.8. The largest absolute Gasteiger partial charge is 0.370 e. The highest BCUT2D eigenvalue weighted by Crippen LogP contribution is 2.36. The van der Waals surface area contributed by atoms with Crippen LogP contribution < -0.4 is 5.73 Å². The van der Waals surface area contributed by atoms with Gasteiger partial charge in [0.05, 0.1) is 6.54 Å². The molecule has 1 aliphatic carbocycles. The Morgan fingerprint density at radius 1 is 0.897 bits per heavy atom. The first kappa shape index (κ1) is 30.5. The van der Waals surface area contributed by atoms with Gasteiger partial charge in [0.25, 0.3) is 0 Å². The molecule has 7 heteroatoms. The molecule has 1 spiro atoms. The summed E-state index contributed by atoms with van der Waals surface area (Å²) >= 11 is 0. The van der Waals surface area contributed by atoms with E-state index in [1.54, 1.807) is 0 Å². The monoisotopic (exact) mass is 554 g/mol. The minimum absolute atomic E-state index is 0.127. The summed E-state index contributed by atoms with van der Waals surface area (Å²) in [5.41, 5.74) is 10.2. The molecule has 2 fully saturated rings. The van der Waals surface area contributed by atoms with Crippen molar-refractivity contribution in [3.05, 3.63) is 0 Å². The number of nitrogens with zero attached hydrogens (tertiary/aromatic N) is 4. The van der Waals surface area contributed by atoms with E-state index in [0.29, 0.717) is 12.0 Å². The molecule has 1 saturated heterocycles. The molecule has 1 saturated carbocycles. The molecular formula is C32H58N6Si. The molecule has 4 aliphatic rings. The fourth-order valence-corrected chi connectivity index (χ4v) is 8.95. The summed E-state index contributed by atoms with van der Waals surface area (Å²) in [6.45, 7) is 9.60. The maximum atomic E-state index is 8.97. The number of nitrogens with one attached hydrogen (secondary N) is 1. The molecule has 0 aromatic heterocycles. The van der Waals surface area contributed by atoms with Gasteiger partial charge in [0.1, 0.15) is 5.16 Å². The third-order valence-electron chi connectivity index (χ3n) is 10.0. The second-order valence-corrected chi connectivity index (χ2v) is 14.3. The smallest absolute Gasteiger partial charge is 0.194 e. The summed E-state index contributed by atoms with van der Waals surface area (Å²) in [4.78, 5) is 12.0. The number of unbranched alkanes of at least 4 members (excludes halogenated alkanes) is 6. The Balaban J connectivity index is 1.21. The van der Waals surface area contributed by atoms with Gasteiger partial charge in [0, 0.05) is 47.1 Å². The van der Waals surface area contributed by atoms with Crippen LogP contribution in [0.1, 0.15) is 129 Å². The quantitative estimate of drug-likeness (QED) is 0.156. The molecule has 4 rings (SSSR count). The molecule has 0 aromatic carbocycles. The van der Waals surface area contributed by atoms with Crippen LogP contribution in [0.15, 0.2) is 4.99 Å². The van der Waals surface area contributed by atoms with Gasteiger partial charge >= 0.3 is 0 Å². The van der Waals surface area contributed by atoms with Gasteiger partial charge < -0.3 is 20.4 Å². The van der Waals surface area contributed by atoms with Crippen LogP contribution in [0.5, 0.6) is 0 Å². The molecule has 0 bridgehead atoms. The number of hydrogen-bond donors (Lipinski definition) is 2. The highest BCUT2D eigenvalue weighted by atomic mass is 28.2. The van der Waals surface area contributed by atoms with Gasteiger partial charge in [-0.1, -0.05) is 97.3 Å². The summed E-state index contributed by atoms with van der Waals surface area (Å²) < 4.78 is 0. The van der Waals surface area contributed by atoms with Gasteiger partial charge in [-0.25, -0.2) is 0 Å². The Morgan fingerprint density at radius 3 is 2.41 bits per heavy atom. The van der Waals surface area contributed by atoms with Crippen molar-refractivity contribution in [1.29, 1.82) is 5.41 Å². The van der Waals surface area contributed by atoms with E-state index in [1.165, 1.54) is 103 Å². The van der Waals surface area contributed by atoms with Gasteiger partial charge in [0.2, 0.25) is 0 Å². The highest BCUT2D eigenvalue weighted by Gasteiger charge is 2.49. The zero-order chi connectivity index (χ0) is 27.5. The van der Waals surface area contributed by atoms with E-state index < -0.39 is 0 Å². The first-order valence-electron chi connectivity index (χ1n) is 16.8. The van der Waals surface area contributed by atoms with Crippen LogP contribution in [0.4, 0.5) is 0 Å². The van der Waals surface area contributed by atoms with Crippen molar-refractivity contribution in [3.8, 4) is 5.50 Å². The topological polar surface area (TPSA) is 72.0 Å². The fraction of sp³-hybridized carbons (Fsp3) is 0.906. The van der Waals surface area contributed by atoms with E-state index in [2.05, 4.69) is 34.0 Å². The van der Waals surface area contributed by atoms with Gasteiger partial charge in [-0.3, -0.25) is 10.4 Å². The molecule has 3 unspecified atom stereocenters. The predicted octanol–water partition coefficient (Wildman–Crippen LogP) is 6.22. The molecule has 220 valence electrons. The average molecular weight is 555 g/mol. The van der Waals surface area contributed by atoms with Crippen LogP contribution in [-0.2, 0) is 0 Å². The SMILES string of the molecule is CCCCCCCN1C(=N)N(CCCC2C#[Si]C23CN=C(N)N3CCCCC2CCCCC2)CC1CCCC. The van der Waals surface area contributed by atoms with Crippen LogP contribution >= 0.6 is 0 Å². The Bertz CT molecular complexity index is 858. The van der Waals surface area contributed by atoms with Gasteiger partial charge in [-0.2, -0.15) is 0 Å². The highest BCUT2D eigenvalue weighted by molar-refractivity contribution is 6.35. The zero-order valence-corrected chi connectivity index (χ0v) is 26.4. The second kappa shape index (κ2) is 15.5. The number of guanidine groups is 2. The second-order valence-electron chi connectivity index (χ2n) is 12.9. The first-order chi connectivity index (χ1) is 19.1. The summed E-state index contributed by atoms with van der Waals surface area (Å²) in [5.74, 6) is 3.01. The number of hydrogen-bond acceptors (Lipinski definition) is 4. The Kier molecular flexibility index (Phi) is 12.1. The normalized spacial score (nSPS) is 26.8. The van der Waals surface area contributed by atoms with Crippen LogP contribution in [0, 0.1) is 22.7 Å². The van der Waals surface area contributed by atoms with E-state index in [0.717, 1.165) is 72.4 Å². The molecule has 0 aromatic rings. The Hall–Kier alpha value is -1.46. The van der Waals surface area contributed by atoms with Crippen molar-refractivity contribution in [3.63, 3.8) is 0 Å². The van der Waals surface area contributed by atoms with E-state index in [-0.39, 0.29) is 5.16 Å². The standard InChI is InChI=1S/C32H58N6Si/c1-3-5-7-8-13-22-37-29(20-6-4-2)24-36(31(37)34)21-15-19-28-25-39-32(28)26-35-30(33)38(32)23-14-12-18-27-16-10-9-11-17-27/h27-29,34H,3-24,26H2,1-2H3,(H2,33,35). The third-order valence-corrected chi connectivity index (χ3v) is 11.7. The van der Waals surface area contributed by atoms with Crippen LogP contribution in [0.2, 0.25) is 0 Å². The summed E-state index contributed by atoms with van der Waals surface area (Å²) in [7, 11) is 0.730. The lowest BCUT2D eigenvalue weighted by molar-refractivity contribution is 0.210. The lowest BCUT2D eigenvalue weighted by atomic mass is 9.86. The van der Waals surface area contributed by atoms with Crippen LogP contribution in [-0.4, -0.2) is 79.5 Å². The lowest BCUT2D eigenvalue weighted by Gasteiger charge is -2.44. The minimum atomic E-state index is 0.127. The number of aliphatic imine (C=N–C) groups is 1. The van der Waals surface area contributed by atoms with Gasteiger partial charge in [0.15, 0.2) is 11.9 Å². The van der Waals surface area contributed by atoms with Crippen molar-refractivity contribution < 1.29 is 0 Å². The van der Waals surface area contributed by atoms with Crippen molar-refractivity contribution in [2.24, 2.45) is 22.6 Å². The van der Waals surface area contributed by atoms with Crippen molar-refractivity contribution >= 4 is 20.9 Å². The van der Waals surface area contributed by atoms with E-state index >= 15 is 0 Å². The Morgan fingerprint density at radius 2 is 1.67 bits per heavy atom. The van der Waals surface area contributed by atoms with Crippen molar-refractivity contribution in [2.45, 2.75) is 141 Å². The van der Waals surface area contributed by atoms with Crippen molar-refractivity contribution in [1.82, 2.24) is 14.7 Å². The Labute approximate surface area is 242 Å². The van der Waals surface area contributed by atoms with Crippen molar-refractivity contribution in [2.75, 3.05) is 32.7 Å². The lowest BCUT2D eigenvalue weighted by Crippen LogP contribution is -2.61. The van der Waals surface area contributed by atoms with E-state index in [4.69, 9.17) is 16.1 Å². The van der Waals surface area contributed by atoms with Gasteiger partial charge in [-0.05, 0) is 38.0 Å². The molecule has 3 aliphatic heterocycles. The fourth-order valence-electron chi connectivity index (χ4n) is 7.47. The molecule has 6 nitrogen and oxygen atoms in total. The van der Waals surface area contributed by atoms with Gasteiger partial charge in [-0.15, -0.1) is 5.50 Å². The molecule has 0 radical (unpaired) electrons. The molecular weight excluding hydrogens is 496 g/mol. The molecule has 0 amide bonds. The summed E-state index contributed by atoms with van der Waals surface area (Å²) in [6.07, 6.45) is 23.7. The zero-order valence-electron chi connectivity index (χ0n) is 25.4. The average Bonchev–Trinajstić information content (AvgIpc) is 3.44. The third kappa shape index (κ3) is 7.84. The molecule has 3 atom stereocenters. The summed E-state index contributed by atoms with van der Waals surface area (Å²) in [5, 5.41) is 9.10. The predicted molar refractivity (Wildman–Crippen MR) is 167 cm³/mol. The molecule has 3 N–H and O–H groups in total. The van der Waals surface area contributed by atoms with E-state index in [9.17, 15) is 0 Å². The number of nitrogens with two attached hydrogens (primary N) is 1. The summed E-state index contributed by atoms with van der Waals surface area (Å²) in [6, 6.07) is 0.533. The van der Waals surface area contributed by atoms with E-state index in [1.807, 2.05) is 0 Å². The molecule has 3 heterocycles. The number of rotatable bonds is 18.